The molecule has 0 saturated heterocycles. The van der Waals surface area contributed by atoms with Gasteiger partial charge in [-0.1, -0.05) is 68.2 Å². The largest absolute Gasteiger partial charge is 0.494 e. The number of rotatable bonds is 10. The molecule has 192 valence electrons. The summed E-state index contributed by atoms with van der Waals surface area (Å²) in [5.74, 6) is 0.448. The van der Waals surface area contributed by atoms with Gasteiger partial charge in [-0.2, -0.15) is 0 Å². The van der Waals surface area contributed by atoms with Crippen molar-refractivity contribution in [3.05, 3.63) is 80.1 Å². The van der Waals surface area contributed by atoms with Gasteiger partial charge < -0.3 is 9.15 Å². The van der Waals surface area contributed by atoms with E-state index < -0.39 is 6.04 Å². The summed E-state index contributed by atoms with van der Waals surface area (Å²) in [6.45, 7) is 6.85. The van der Waals surface area contributed by atoms with Crippen LogP contribution in [0.2, 0.25) is 0 Å². The van der Waals surface area contributed by atoms with Gasteiger partial charge in [0.2, 0.25) is 10.9 Å². The highest BCUT2D eigenvalue weighted by atomic mass is 32.1. The summed E-state index contributed by atoms with van der Waals surface area (Å²) in [4.78, 5) is 29.1. The molecule has 8 heteroatoms. The maximum Gasteiger partial charge on any atom is 0.297 e. The van der Waals surface area contributed by atoms with Crippen LogP contribution < -0.4 is 15.1 Å². The molecule has 0 fully saturated rings. The molecule has 1 aliphatic heterocycles. The van der Waals surface area contributed by atoms with Crippen molar-refractivity contribution in [2.75, 3.05) is 11.5 Å². The van der Waals surface area contributed by atoms with Crippen LogP contribution in [0.25, 0.3) is 11.0 Å². The van der Waals surface area contributed by atoms with Crippen molar-refractivity contribution in [2.45, 2.75) is 65.3 Å². The van der Waals surface area contributed by atoms with Crippen molar-refractivity contribution in [3.63, 3.8) is 0 Å². The fourth-order valence-corrected chi connectivity index (χ4v) is 5.69. The Bertz CT molecular complexity index is 1480. The first-order chi connectivity index (χ1) is 18.0. The number of fused-ring (bicyclic) bond motifs is 2. The van der Waals surface area contributed by atoms with Gasteiger partial charge in [-0.25, -0.2) is 0 Å². The molecule has 0 aliphatic carbocycles. The van der Waals surface area contributed by atoms with Crippen LogP contribution in [-0.2, 0) is 6.42 Å². The van der Waals surface area contributed by atoms with Crippen LogP contribution in [0.5, 0.6) is 5.75 Å². The van der Waals surface area contributed by atoms with Gasteiger partial charge in [0.25, 0.3) is 5.91 Å². The summed E-state index contributed by atoms with van der Waals surface area (Å²) < 4.78 is 12.0. The van der Waals surface area contributed by atoms with Gasteiger partial charge in [0, 0.05) is 6.42 Å². The molecule has 0 radical (unpaired) electrons. The maximum atomic E-state index is 13.8. The quantitative estimate of drug-likeness (QED) is 0.220. The Hall–Kier alpha value is -3.52. The lowest BCUT2D eigenvalue weighted by Crippen LogP contribution is -2.29. The molecule has 1 aliphatic rings. The number of carbonyl (C=O) groups excluding carboxylic acids is 1. The summed E-state index contributed by atoms with van der Waals surface area (Å²) in [6.07, 6.45) is 6.26. The molecule has 3 heterocycles. The zero-order valence-electron chi connectivity index (χ0n) is 21.5. The molecule has 7 nitrogen and oxygen atoms in total. The van der Waals surface area contributed by atoms with Crippen molar-refractivity contribution in [1.82, 2.24) is 10.2 Å². The normalized spacial score (nSPS) is 14.9. The number of carbonyl (C=O) groups is 1. The zero-order chi connectivity index (χ0) is 25.9. The average Bonchev–Trinajstić information content (AvgIpc) is 3.47. The Morgan fingerprint density at radius 1 is 1.00 bits per heavy atom. The fourth-order valence-electron chi connectivity index (χ4n) is 4.72. The van der Waals surface area contributed by atoms with Gasteiger partial charge in [0.1, 0.15) is 16.3 Å². The molecule has 5 rings (SSSR count). The molecular weight excluding hydrogens is 486 g/mol. The number of hydrogen-bond acceptors (Lipinski definition) is 7. The first-order valence-electron chi connectivity index (χ1n) is 13.0. The molecule has 0 N–H and O–H groups in total. The van der Waals surface area contributed by atoms with Gasteiger partial charge >= 0.3 is 0 Å². The Kier molecular flexibility index (Phi) is 7.37. The predicted molar refractivity (Wildman–Crippen MR) is 146 cm³/mol. The smallest absolute Gasteiger partial charge is 0.297 e. The minimum absolute atomic E-state index is 0.0647. The van der Waals surface area contributed by atoms with Gasteiger partial charge in [0.05, 0.1) is 23.6 Å². The lowest BCUT2D eigenvalue weighted by atomic mass is 9.98. The summed E-state index contributed by atoms with van der Waals surface area (Å²) in [5, 5.41) is 10.4. The molecule has 1 atom stereocenters. The van der Waals surface area contributed by atoms with E-state index in [1.54, 1.807) is 11.0 Å². The number of nitrogens with zero attached hydrogens (tertiary/aromatic N) is 3. The highest BCUT2D eigenvalue weighted by Gasteiger charge is 2.45. The average molecular weight is 518 g/mol. The van der Waals surface area contributed by atoms with Crippen molar-refractivity contribution in [2.24, 2.45) is 0 Å². The second kappa shape index (κ2) is 10.8. The highest BCUT2D eigenvalue weighted by Crippen LogP contribution is 2.42. The van der Waals surface area contributed by atoms with Crippen molar-refractivity contribution in [3.8, 4) is 5.75 Å². The number of anilines is 1. The van der Waals surface area contributed by atoms with E-state index in [1.807, 2.05) is 43.3 Å². The van der Waals surface area contributed by atoms with E-state index in [4.69, 9.17) is 9.15 Å². The second-order valence-corrected chi connectivity index (χ2v) is 10.5. The summed E-state index contributed by atoms with van der Waals surface area (Å²) in [7, 11) is 0. The predicted octanol–water partition coefficient (Wildman–Crippen LogP) is 6.61. The lowest BCUT2D eigenvalue weighted by molar-refractivity contribution is 0.0970. The van der Waals surface area contributed by atoms with E-state index in [1.165, 1.54) is 24.2 Å². The molecule has 0 saturated carbocycles. The molecule has 0 bridgehead atoms. The number of benzene rings is 2. The number of hydrogen-bond donors (Lipinski definition) is 0. The number of ether oxygens (including phenoxy) is 1. The molecule has 2 aromatic heterocycles. The molecule has 0 spiro atoms. The molecule has 37 heavy (non-hydrogen) atoms. The van der Waals surface area contributed by atoms with Gasteiger partial charge in [-0.15, -0.1) is 10.2 Å². The SMILES string of the molecule is CCCCCCOc1ccc(C2c3c(oc4ccc(C)cc4c3=O)C(=O)N2c2nnc(CCC)s2)cc1. The van der Waals surface area contributed by atoms with Crippen molar-refractivity contribution >= 4 is 33.3 Å². The number of aromatic nitrogens is 2. The summed E-state index contributed by atoms with van der Waals surface area (Å²) >= 11 is 1.38. The first kappa shape index (κ1) is 25.1. The van der Waals surface area contributed by atoms with Crippen LogP contribution in [0.4, 0.5) is 5.13 Å². The van der Waals surface area contributed by atoms with Gasteiger partial charge in [-0.05, 0) is 49.6 Å². The van der Waals surface area contributed by atoms with Crippen LogP contribution >= 0.6 is 11.3 Å². The molecule has 2 aromatic carbocycles. The maximum absolute atomic E-state index is 13.8. The standard InChI is InChI=1S/C29H31N3O4S/c1-4-6-7-8-16-35-20-13-11-19(12-14-20)25-24-26(33)21-17-18(3)10-15-22(21)36-27(24)28(34)32(25)29-31-30-23(37-29)9-5-2/h10-15,17,25H,4-9,16H2,1-3H3. The highest BCUT2D eigenvalue weighted by molar-refractivity contribution is 7.15. The van der Waals surface area contributed by atoms with E-state index >= 15 is 0 Å². The fraction of sp³-hybridized carbons (Fsp3) is 0.379. The van der Waals surface area contributed by atoms with Crippen LogP contribution in [0.15, 0.2) is 51.7 Å². The van der Waals surface area contributed by atoms with E-state index in [0.717, 1.165) is 47.6 Å². The second-order valence-electron chi connectivity index (χ2n) is 9.46. The monoisotopic (exact) mass is 517 g/mol. The third kappa shape index (κ3) is 4.90. The summed E-state index contributed by atoms with van der Waals surface area (Å²) in [5.41, 5.74) is 2.28. The summed E-state index contributed by atoms with van der Waals surface area (Å²) in [6, 6.07) is 12.4. The molecular formula is C29H31N3O4S. The van der Waals surface area contributed by atoms with Crippen LogP contribution in [-0.4, -0.2) is 22.7 Å². The van der Waals surface area contributed by atoms with E-state index in [-0.39, 0.29) is 17.1 Å². The Morgan fingerprint density at radius 2 is 1.81 bits per heavy atom. The first-order valence-corrected chi connectivity index (χ1v) is 13.8. The van der Waals surface area contributed by atoms with E-state index in [9.17, 15) is 9.59 Å². The van der Waals surface area contributed by atoms with Gasteiger partial charge in [0.15, 0.2) is 5.43 Å². The number of unbranched alkanes of at least 4 members (excludes halogenated alkanes) is 3. The third-order valence-corrected chi connectivity index (χ3v) is 7.60. The Labute approximate surface area is 220 Å². The van der Waals surface area contributed by atoms with E-state index in [2.05, 4.69) is 24.0 Å². The van der Waals surface area contributed by atoms with Crippen LogP contribution in [0, 0.1) is 6.92 Å². The minimum atomic E-state index is -0.662. The molecule has 4 aromatic rings. The van der Waals surface area contributed by atoms with Crippen molar-refractivity contribution < 1.29 is 13.9 Å². The topological polar surface area (TPSA) is 85.5 Å². The lowest BCUT2D eigenvalue weighted by Gasteiger charge is -2.22. The Morgan fingerprint density at radius 3 is 2.57 bits per heavy atom. The zero-order valence-corrected chi connectivity index (χ0v) is 22.3. The minimum Gasteiger partial charge on any atom is -0.494 e. The Balaban J connectivity index is 1.56. The molecule has 1 amide bonds. The number of amides is 1. The van der Waals surface area contributed by atoms with Crippen LogP contribution in [0.3, 0.4) is 0 Å². The van der Waals surface area contributed by atoms with E-state index in [0.29, 0.717) is 28.3 Å². The number of aryl methyl sites for hydroxylation is 2. The third-order valence-electron chi connectivity index (χ3n) is 6.61. The van der Waals surface area contributed by atoms with Crippen molar-refractivity contribution in [1.29, 1.82) is 0 Å². The van der Waals surface area contributed by atoms with Crippen LogP contribution in [0.1, 0.15) is 84.2 Å². The van der Waals surface area contributed by atoms with Gasteiger partial charge in [-0.3, -0.25) is 14.5 Å². The molecule has 1 unspecified atom stereocenters.